The van der Waals surface area contributed by atoms with Gasteiger partial charge >= 0.3 is 0 Å². The van der Waals surface area contributed by atoms with Crippen molar-refractivity contribution in [3.05, 3.63) is 71.6 Å². The summed E-state index contributed by atoms with van der Waals surface area (Å²) < 4.78 is 13.2. The van der Waals surface area contributed by atoms with Gasteiger partial charge in [0.05, 0.1) is 6.04 Å². The molecule has 0 saturated carbocycles. The number of halogens is 3. The van der Waals surface area contributed by atoms with E-state index in [9.17, 15) is 19.1 Å². The Hall–Kier alpha value is -2.48. The minimum absolute atomic E-state index is 0.269. The van der Waals surface area contributed by atoms with Crippen molar-refractivity contribution in [2.24, 2.45) is 0 Å². The van der Waals surface area contributed by atoms with Gasteiger partial charge in [-0.3, -0.25) is 14.6 Å². The Bertz CT molecular complexity index is 833. The zero-order valence-electron chi connectivity index (χ0n) is 15.3. The van der Waals surface area contributed by atoms with Crippen LogP contribution in [-0.2, 0) is 16.1 Å². The minimum atomic E-state index is -1.35. The number of aliphatic hydroxyl groups excluding tert-OH is 1. The van der Waals surface area contributed by atoms with Crippen LogP contribution >= 0.6 is 23.2 Å². The van der Waals surface area contributed by atoms with E-state index in [1.165, 1.54) is 6.08 Å². The fourth-order valence-electron chi connectivity index (χ4n) is 2.41. The highest BCUT2D eigenvalue weighted by Crippen LogP contribution is 2.19. The summed E-state index contributed by atoms with van der Waals surface area (Å²) >= 11 is 10.8. The lowest BCUT2D eigenvalue weighted by Gasteiger charge is -2.22. The van der Waals surface area contributed by atoms with E-state index < -0.39 is 29.6 Å². The van der Waals surface area contributed by atoms with Crippen LogP contribution < -0.4 is 10.6 Å². The molecule has 2 atom stereocenters. The van der Waals surface area contributed by atoms with E-state index in [2.05, 4.69) is 15.6 Å². The number of benzene rings is 1. The molecule has 29 heavy (non-hydrogen) atoms. The zero-order chi connectivity index (χ0) is 21.2. The van der Waals surface area contributed by atoms with Crippen LogP contribution in [0, 0.1) is 0 Å². The molecule has 1 aromatic carbocycles. The summed E-state index contributed by atoms with van der Waals surface area (Å²) in [6.07, 6.45) is 5.03. The highest BCUT2D eigenvalue weighted by molar-refractivity contribution is 6.53. The molecule has 3 N–H and O–H groups in total. The maximum Gasteiger partial charge on any atom is 0.253 e. The number of carbonyl (C=O) groups excluding carboxylic acids is 2. The van der Waals surface area contributed by atoms with Gasteiger partial charge in [0.1, 0.15) is 12.8 Å². The van der Waals surface area contributed by atoms with Gasteiger partial charge in [0.2, 0.25) is 5.91 Å². The van der Waals surface area contributed by atoms with Crippen LogP contribution in [0.5, 0.6) is 0 Å². The van der Waals surface area contributed by atoms with Gasteiger partial charge in [0.15, 0.2) is 4.84 Å². The number of rotatable bonds is 9. The van der Waals surface area contributed by atoms with Gasteiger partial charge < -0.3 is 15.7 Å². The molecule has 1 heterocycles. The molecule has 0 unspecified atom stereocenters. The molecule has 0 aliphatic carbocycles. The largest absolute Gasteiger partial charge is 0.386 e. The molecule has 154 valence electrons. The average Bonchev–Trinajstić information content (AvgIpc) is 2.74. The van der Waals surface area contributed by atoms with Crippen LogP contribution in [0.1, 0.15) is 22.8 Å². The predicted molar refractivity (Wildman–Crippen MR) is 110 cm³/mol. The van der Waals surface area contributed by atoms with E-state index in [4.69, 9.17) is 23.2 Å². The fourth-order valence-corrected chi connectivity index (χ4v) is 2.53. The van der Waals surface area contributed by atoms with Gasteiger partial charge in [-0.1, -0.05) is 53.5 Å². The highest BCUT2D eigenvalue weighted by atomic mass is 35.5. The van der Waals surface area contributed by atoms with Crippen molar-refractivity contribution in [2.75, 3.05) is 6.67 Å². The molecular formula is C20H20Cl2FN3O3. The van der Waals surface area contributed by atoms with Crippen LogP contribution in [-0.4, -0.2) is 39.5 Å². The molecule has 0 aliphatic rings. The number of carbonyl (C=O) groups is 2. The number of pyridine rings is 1. The number of aromatic nitrogens is 1. The lowest BCUT2D eigenvalue weighted by Crippen LogP contribution is -2.43. The van der Waals surface area contributed by atoms with Gasteiger partial charge in [-0.25, -0.2) is 4.39 Å². The van der Waals surface area contributed by atoms with E-state index in [1.807, 2.05) is 6.07 Å². The topological polar surface area (TPSA) is 91.3 Å². The monoisotopic (exact) mass is 439 g/mol. The lowest BCUT2D eigenvalue weighted by atomic mass is 10.0. The SMILES string of the molecule is O=C(/C=C/c1ccc([C@@H](O)[C@@H](CF)NC(=O)C(Cl)Cl)cc1)NCc1cccnc1. The summed E-state index contributed by atoms with van der Waals surface area (Å²) in [5, 5.41) is 15.3. The molecule has 2 rings (SSSR count). The van der Waals surface area contributed by atoms with E-state index in [0.29, 0.717) is 17.7 Å². The number of nitrogens with one attached hydrogen (secondary N) is 2. The van der Waals surface area contributed by atoms with Crippen LogP contribution in [0.3, 0.4) is 0 Å². The molecule has 9 heteroatoms. The van der Waals surface area contributed by atoms with Crippen molar-refractivity contribution in [1.82, 2.24) is 15.6 Å². The van der Waals surface area contributed by atoms with E-state index in [-0.39, 0.29) is 5.91 Å². The molecule has 0 bridgehead atoms. The normalized spacial score (nSPS) is 13.3. The molecule has 1 aromatic heterocycles. The summed E-state index contributed by atoms with van der Waals surface area (Å²) in [5.74, 6) is -1.05. The maximum atomic E-state index is 13.2. The molecule has 0 saturated heterocycles. The van der Waals surface area contributed by atoms with E-state index in [1.54, 1.807) is 48.8 Å². The number of hydrogen-bond acceptors (Lipinski definition) is 4. The van der Waals surface area contributed by atoms with Crippen LogP contribution in [0.25, 0.3) is 6.08 Å². The Morgan fingerprint density at radius 3 is 2.52 bits per heavy atom. The first-order chi connectivity index (χ1) is 13.9. The summed E-state index contributed by atoms with van der Waals surface area (Å²) in [6, 6.07) is 8.93. The molecule has 0 fully saturated rings. The molecule has 6 nitrogen and oxygen atoms in total. The second kappa shape index (κ2) is 11.5. The van der Waals surface area contributed by atoms with Crippen molar-refractivity contribution < 1.29 is 19.1 Å². The standard InChI is InChI=1S/C20H20Cl2FN3O3/c21-19(22)20(29)26-16(10-23)18(28)15-6-3-13(4-7-15)5-8-17(27)25-12-14-2-1-9-24-11-14/h1-9,11,16,18-19,28H,10,12H2,(H,25,27)(H,26,29)/b8-5+/t16-,18-/m1/s1. The molecule has 0 aliphatic heterocycles. The van der Waals surface area contributed by atoms with Gasteiger partial charge in [-0.05, 0) is 28.8 Å². The maximum absolute atomic E-state index is 13.2. The van der Waals surface area contributed by atoms with Crippen LogP contribution in [0.2, 0.25) is 0 Å². The third kappa shape index (κ3) is 7.45. The average molecular weight is 440 g/mol. The van der Waals surface area contributed by atoms with Gasteiger partial charge in [0.25, 0.3) is 5.91 Å². The molecule has 2 amide bonds. The number of amides is 2. The summed E-state index contributed by atoms with van der Waals surface area (Å²) in [6.45, 7) is -0.629. The highest BCUT2D eigenvalue weighted by Gasteiger charge is 2.25. The lowest BCUT2D eigenvalue weighted by molar-refractivity contribution is -0.121. The van der Waals surface area contributed by atoms with E-state index in [0.717, 1.165) is 5.56 Å². The Morgan fingerprint density at radius 1 is 1.21 bits per heavy atom. The Morgan fingerprint density at radius 2 is 1.93 bits per heavy atom. The van der Waals surface area contributed by atoms with Gasteiger partial charge in [-0.15, -0.1) is 0 Å². The number of aliphatic hydroxyl groups is 1. The second-order valence-electron chi connectivity index (χ2n) is 6.09. The summed E-state index contributed by atoms with van der Waals surface area (Å²) in [7, 11) is 0. The molecule has 0 radical (unpaired) electrons. The predicted octanol–water partition coefficient (Wildman–Crippen LogP) is 2.70. The quantitative estimate of drug-likeness (QED) is 0.413. The Kier molecular flexibility index (Phi) is 9.05. The Balaban J connectivity index is 1.92. The minimum Gasteiger partial charge on any atom is -0.386 e. The van der Waals surface area contributed by atoms with Crippen molar-refractivity contribution in [3.63, 3.8) is 0 Å². The number of alkyl halides is 3. The van der Waals surface area contributed by atoms with Crippen LogP contribution in [0.4, 0.5) is 4.39 Å². The third-order valence-corrected chi connectivity index (χ3v) is 4.36. The van der Waals surface area contributed by atoms with Crippen molar-refractivity contribution >= 4 is 41.1 Å². The first-order valence-electron chi connectivity index (χ1n) is 8.68. The number of hydrogen-bond donors (Lipinski definition) is 3. The second-order valence-corrected chi connectivity index (χ2v) is 7.19. The Labute approximate surface area is 177 Å². The van der Waals surface area contributed by atoms with Crippen LogP contribution in [0.15, 0.2) is 54.9 Å². The van der Waals surface area contributed by atoms with Gasteiger partial charge in [-0.2, -0.15) is 0 Å². The summed E-state index contributed by atoms with van der Waals surface area (Å²) in [4.78, 5) is 26.0. The number of nitrogens with zero attached hydrogens (tertiary/aromatic N) is 1. The summed E-state index contributed by atoms with van der Waals surface area (Å²) in [5.41, 5.74) is 1.99. The fraction of sp³-hybridized carbons (Fsp3) is 0.250. The molecule has 2 aromatic rings. The smallest absolute Gasteiger partial charge is 0.253 e. The van der Waals surface area contributed by atoms with Crippen molar-refractivity contribution in [3.8, 4) is 0 Å². The van der Waals surface area contributed by atoms with E-state index >= 15 is 0 Å². The third-order valence-electron chi connectivity index (χ3n) is 3.97. The van der Waals surface area contributed by atoms with Crippen molar-refractivity contribution in [1.29, 1.82) is 0 Å². The van der Waals surface area contributed by atoms with Gasteiger partial charge in [0, 0.05) is 25.0 Å². The molecular weight excluding hydrogens is 420 g/mol. The first kappa shape index (κ1) is 22.8. The zero-order valence-corrected chi connectivity index (χ0v) is 16.8. The first-order valence-corrected chi connectivity index (χ1v) is 9.55. The molecule has 0 spiro atoms. The van der Waals surface area contributed by atoms with Crippen molar-refractivity contribution in [2.45, 2.75) is 23.5 Å².